The number of nitrogens with zero attached hydrogens (tertiary/aromatic N) is 2. The lowest BCUT2D eigenvalue weighted by molar-refractivity contribution is -0.112. The molecule has 0 saturated heterocycles. The fraction of sp³-hybridized carbons (Fsp3) is 0.133. The summed E-state index contributed by atoms with van der Waals surface area (Å²) in [6.45, 7) is 0. The van der Waals surface area contributed by atoms with Crippen molar-refractivity contribution in [3.8, 4) is 0 Å². The molecule has 2 rings (SSSR count). The SMILES string of the molecule is CN(C)C=CC(O)=C1NN(c2ccc(F)cc2)C=CC1=O. The predicted molar refractivity (Wildman–Crippen MR) is 78.6 cm³/mol. The Morgan fingerprint density at radius 1 is 1.33 bits per heavy atom. The van der Waals surface area contributed by atoms with Gasteiger partial charge in [0.05, 0.1) is 5.69 Å². The van der Waals surface area contributed by atoms with Crippen LogP contribution >= 0.6 is 0 Å². The van der Waals surface area contributed by atoms with Crippen LogP contribution in [-0.4, -0.2) is 29.9 Å². The van der Waals surface area contributed by atoms with Crippen molar-refractivity contribution in [2.45, 2.75) is 0 Å². The third-order valence-electron chi connectivity index (χ3n) is 2.75. The Morgan fingerprint density at radius 2 is 2.00 bits per heavy atom. The summed E-state index contributed by atoms with van der Waals surface area (Å²) in [5.74, 6) is -0.859. The second-order valence-electron chi connectivity index (χ2n) is 4.68. The van der Waals surface area contributed by atoms with E-state index >= 15 is 0 Å². The topological polar surface area (TPSA) is 55.8 Å². The number of carbonyl (C=O) groups excluding carboxylic acids is 1. The first-order valence-corrected chi connectivity index (χ1v) is 6.29. The number of rotatable bonds is 3. The molecule has 0 bridgehead atoms. The molecule has 0 amide bonds. The van der Waals surface area contributed by atoms with Gasteiger partial charge in [-0.15, -0.1) is 0 Å². The lowest BCUT2D eigenvalue weighted by Crippen LogP contribution is -2.39. The van der Waals surface area contributed by atoms with E-state index in [2.05, 4.69) is 5.43 Å². The molecular weight excluding hydrogens is 273 g/mol. The van der Waals surface area contributed by atoms with Crippen molar-refractivity contribution in [2.24, 2.45) is 0 Å². The van der Waals surface area contributed by atoms with Gasteiger partial charge in [0.1, 0.15) is 17.3 Å². The monoisotopic (exact) mass is 289 g/mol. The summed E-state index contributed by atoms with van der Waals surface area (Å²) in [7, 11) is 3.60. The zero-order chi connectivity index (χ0) is 15.4. The number of hydrogen-bond acceptors (Lipinski definition) is 5. The number of anilines is 1. The Kier molecular flexibility index (Phi) is 4.27. The lowest BCUT2D eigenvalue weighted by atomic mass is 10.2. The Labute approximate surface area is 122 Å². The van der Waals surface area contributed by atoms with Crippen LogP contribution in [0.3, 0.4) is 0 Å². The molecule has 0 unspecified atom stereocenters. The van der Waals surface area contributed by atoms with E-state index < -0.39 is 0 Å². The fourth-order valence-corrected chi connectivity index (χ4v) is 1.68. The van der Waals surface area contributed by atoms with Gasteiger partial charge < -0.3 is 10.0 Å². The molecule has 1 aromatic rings. The maximum absolute atomic E-state index is 12.9. The molecule has 0 radical (unpaired) electrons. The van der Waals surface area contributed by atoms with Gasteiger partial charge in [-0.25, -0.2) is 4.39 Å². The van der Waals surface area contributed by atoms with Gasteiger partial charge in [0, 0.05) is 32.6 Å². The molecule has 2 N–H and O–H groups in total. The zero-order valence-electron chi connectivity index (χ0n) is 11.7. The van der Waals surface area contributed by atoms with Crippen LogP contribution in [0.1, 0.15) is 0 Å². The molecule has 110 valence electrons. The molecular formula is C15H16FN3O2. The van der Waals surface area contributed by atoms with Gasteiger partial charge >= 0.3 is 0 Å². The first-order chi connectivity index (χ1) is 9.97. The minimum absolute atomic E-state index is 0.0555. The Balaban J connectivity index is 2.26. The largest absolute Gasteiger partial charge is 0.506 e. The van der Waals surface area contributed by atoms with Crippen LogP contribution in [0.2, 0.25) is 0 Å². The first-order valence-electron chi connectivity index (χ1n) is 6.29. The van der Waals surface area contributed by atoms with Crippen LogP contribution in [0, 0.1) is 5.82 Å². The second kappa shape index (κ2) is 6.13. The number of carbonyl (C=O) groups is 1. The highest BCUT2D eigenvalue weighted by Crippen LogP contribution is 2.18. The Bertz CT molecular complexity index is 618. The maximum atomic E-state index is 12.9. The van der Waals surface area contributed by atoms with Crippen molar-refractivity contribution in [3.63, 3.8) is 0 Å². The Hall–Kier alpha value is -2.76. The average molecular weight is 289 g/mol. The van der Waals surface area contributed by atoms with E-state index in [1.165, 1.54) is 35.5 Å². The van der Waals surface area contributed by atoms with Crippen molar-refractivity contribution in [2.75, 3.05) is 19.1 Å². The highest BCUT2D eigenvalue weighted by molar-refractivity contribution is 6.05. The second-order valence-corrected chi connectivity index (χ2v) is 4.68. The zero-order valence-corrected chi connectivity index (χ0v) is 11.7. The van der Waals surface area contributed by atoms with E-state index in [-0.39, 0.29) is 23.1 Å². The van der Waals surface area contributed by atoms with Gasteiger partial charge in [0.15, 0.2) is 0 Å². The summed E-state index contributed by atoms with van der Waals surface area (Å²) in [5.41, 5.74) is 3.49. The van der Waals surface area contributed by atoms with E-state index in [0.29, 0.717) is 5.69 Å². The number of hydrogen-bond donors (Lipinski definition) is 2. The smallest absolute Gasteiger partial charge is 0.208 e. The van der Waals surface area contributed by atoms with E-state index in [9.17, 15) is 14.3 Å². The highest BCUT2D eigenvalue weighted by Gasteiger charge is 2.19. The molecule has 0 spiro atoms. The lowest BCUT2D eigenvalue weighted by Gasteiger charge is -2.26. The number of aliphatic hydroxyl groups is 1. The van der Waals surface area contributed by atoms with E-state index in [4.69, 9.17) is 0 Å². The fourth-order valence-electron chi connectivity index (χ4n) is 1.68. The van der Waals surface area contributed by atoms with Gasteiger partial charge in [0.2, 0.25) is 5.78 Å². The van der Waals surface area contributed by atoms with E-state index in [1.807, 2.05) is 0 Å². The van der Waals surface area contributed by atoms with Gasteiger partial charge in [-0.2, -0.15) is 0 Å². The molecule has 0 aromatic heterocycles. The van der Waals surface area contributed by atoms with Crippen LogP contribution in [0.15, 0.2) is 60.3 Å². The molecule has 0 atom stereocenters. The van der Waals surface area contributed by atoms with Crippen LogP contribution < -0.4 is 10.4 Å². The van der Waals surface area contributed by atoms with Crippen molar-refractivity contribution < 1.29 is 14.3 Å². The molecule has 0 fully saturated rings. The molecule has 0 aliphatic carbocycles. The highest BCUT2D eigenvalue weighted by atomic mass is 19.1. The number of allylic oxidation sites excluding steroid dienone is 2. The third-order valence-corrected chi connectivity index (χ3v) is 2.75. The van der Waals surface area contributed by atoms with Crippen LogP contribution in [-0.2, 0) is 4.79 Å². The molecule has 21 heavy (non-hydrogen) atoms. The van der Waals surface area contributed by atoms with Crippen LogP contribution in [0.5, 0.6) is 0 Å². The molecule has 1 aromatic carbocycles. The number of nitrogens with one attached hydrogen (secondary N) is 1. The van der Waals surface area contributed by atoms with E-state index in [1.54, 1.807) is 37.3 Å². The number of ketones is 1. The Morgan fingerprint density at radius 3 is 2.62 bits per heavy atom. The summed E-state index contributed by atoms with van der Waals surface area (Å²) in [6, 6.07) is 5.76. The maximum Gasteiger partial charge on any atom is 0.208 e. The third kappa shape index (κ3) is 3.62. The van der Waals surface area contributed by atoms with E-state index in [0.717, 1.165) is 0 Å². The average Bonchev–Trinajstić information content (AvgIpc) is 2.46. The number of aliphatic hydroxyl groups excluding tert-OH is 1. The first kappa shape index (κ1) is 14.6. The molecule has 6 heteroatoms. The minimum atomic E-state index is -0.344. The quantitative estimate of drug-likeness (QED) is 0.659. The summed E-state index contributed by atoms with van der Waals surface area (Å²) in [6.07, 6.45) is 5.89. The van der Waals surface area contributed by atoms with Crippen molar-refractivity contribution in [1.29, 1.82) is 0 Å². The predicted octanol–water partition coefficient (Wildman–Crippen LogP) is 2.08. The number of halogens is 1. The van der Waals surface area contributed by atoms with Gasteiger partial charge in [-0.3, -0.25) is 15.2 Å². The normalized spacial score (nSPS) is 17.1. The van der Waals surface area contributed by atoms with Crippen LogP contribution in [0.4, 0.5) is 10.1 Å². The van der Waals surface area contributed by atoms with Crippen molar-refractivity contribution in [1.82, 2.24) is 10.3 Å². The molecule has 1 heterocycles. The van der Waals surface area contributed by atoms with Gasteiger partial charge in [-0.1, -0.05) is 0 Å². The van der Waals surface area contributed by atoms with Gasteiger partial charge in [0.25, 0.3) is 0 Å². The van der Waals surface area contributed by atoms with Crippen LogP contribution in [0.25, 0.3) is 0 Å². The standard InChI is InChI=1S/C15H16FN3O2/c1-18(2)9-7-13(20)15-14(21)8-10-19(17-15)12-5-3-11(16)4-6-12/h3-10,17,20H,1-2H3. The van der Waals surface area contributed by atoms with Crippen molar-refractivity contribution in [3.05, 3.63) is 66.1 Å². The minimum Gasteiger partial charge on any atom is -0.506 e. The van der Waals surface area contributed by atoms with Crippen molar-refractivity contribution >= 4 is 11.5 Å². The molecule has 1 aliphatic rings. The molecule has 0 saturated carbocycles. The molecule has 5 nitrogen and oxygen atoms in total. The number of hydrazine groups is 1. The number of benzene rings is 1. The van der Waals surface area contributed by atoms with Gasteiger partial charge in [-0.05, 0) is 30.3 Å². The molecule has 1 aliphatic heterocycles. The summed E-state index contributed by atoms with van der Waals surface area (Å²) in [4.78, 5) is 13.5. The summed E-state index contributed by atoms with van der Waals surface area (Å²) < 4.78 is 12.9. The summed E-state index contributed by atoms with van der Waals surface area (Å²) >= 11 is 0. The summed E-state index contributed by atoms with van der Waals surface area (Å²) in [5, 5.41) is 11.5.